The zero-order chi connectivity index (χ0) is 32.1. The fraction of sp³-hybridized carbons (Fsp3) is 0.200. The van der Waals surface area contributed by atoms with Crippen LogP contribution in [0, 0.1) is 27.7 Å². The molecule has 4 aromatic carbocycles. The molecule has 0 bridgehead atoms. The monoisotopic (exact) mass is 606 g/mol. The average molecular weight is 607 g/mol. The van der Waals surface area contributed by atoms with Crippen molar-refractivity contribution in [2.45, 2.75) is 47.5 Å². The minimum absolute atomic E-state index is 0.237. The van der Waals surface area contributed by atoms with Crippen LogP contribution < -0.4 is 9.47 Å². The molecule has 7 rings (SSSR count). The Morgan fingerprint density at radius 1 is 0.674 bits per heavy atom. The fourth-order valence-corrected chi connectivity index (χ4v) is 6.74. The number of aromatic nitrogens is 4. The summed E-state index contributed by atoms with van der Waals surface area (Å²) in [5, 5.41) is 7.43. The van der Waals surface area contributed by atoms with E-state index in [1.54, 1.807) is 7.11 Å². The Bertz CT molecular complexity index is 2230. The number of nitrogens with zero attached hydrogens (tertiary/aromatic N) is 4. The fourth-order valence-electron chi connectivity index (χ4n) is 6.74. The first kappa shape index (κ1) is 29.4. The number of aryl methyl sites for hydroxylation is 4. The molecule has 3 aromatic heterocycles. The van der Waals surface area contributed by atoms with Crippen LogP contribution >= 0.6 is 0 Å². The molecule has 0 atom stereocenters. The lowest BCUT2D eigenvalue weighted by molar-refractivity contribution is 0.414. The predicted octanol–water partition coefficient (Wildman–Crippen LogP) is 10.2. The molecule has 6 heteroatoms. The van der Waals surface area contributed by atoms with E-state index in [0.29, 0.717) is 0 Å². The first-order valence-corrected chi connectivity index (χ1v) is 15.7. The summed E-state index contributed by atoms with van der Waals surface area (Å²) in [6.45, 7) is 12.9. The first-order chi connectivity index (χ1) is 22.2. The lowest BCUT2D eigenvalue weighted by Crippen LogP contribution is -2.05. The highest BCUT2D eigenvalue weighted by molar-refractivity contribution is 6.09. The highest BCUT2D eigenvalue weighted by Gasteiger charge is 2.24. The molecule has 0 amide bonds. The van der Waals surface area contributed by atoms with Crippen molar-refractivity contribution in [1.82, 2.24) is 19.3 Å². The molecule has 0 N–H and O–H groups in total. The minimum Gasteiger partial charge on any atom is -0.497 e. The molecule has 230 valence electrons. The van der Waals surface area contributed by atoms with Crippen molar-refractivity contribution < 1.29 is 9.47 Å². The van der Waals surface area contributed by atoms with Gasteiger partial charge in [-0.3, -0.25) is 4.57 Å². The number of rotatable bonds is 7. The summed E-state index contributed by atoms with van der Waals surface area (Å²) in [6, 6.07) is 31.3. The molecule has 0 aliphatic carbocycles. The third-order valence-electron chi connectivity index (χ3n) is 8.71. The van der Waals surface area contributed by atoms with Crippen LogP contribution in [0.15, 0.2) is 97.2 Å². The van der Waals surface area contributed by atoms with Crippen molar-refractivity contribution in [3.63, 3.8) is 0 Å². The van der Waals surface area contributed by atoms with Gasteiger partial charge in [-0.15, -0.1) is 0 Å². The van der Waals surface area contributed by atoms with Gasteiger partial charge in [0.1, 0.15) is 23.1 Å². The molecule has 7 aromatic rings. The van der Waals surface area contributed by atoms with Crippen LogP contribution in [0.4, 0.5) is 0 Å². The van der Waals surface area contributed by atoms with E-state index < -0.39 is 0 Å². The molecular formula is C40H38N4O2. The van der Waals surface area contributed by atoms with E-state index in [4.69, 9.17) is 19.6 Å². The number of fused-ring (bicyclic) bond motifs is 3. The van der Waals surface area contributed by atoms with Crippen LogP contribution in [0.5, 0.6) is 17.2 Å². The minimum atomic E-state index is 0.237. The molecular weight excluding hydrogens is 568 g/mol. The van der Waals surface area contributed by atoms with Crippen molar-refractivity contribution in [3.05, 3.63) is 125 Å². The molecule has 3 heterocycles. The van der Waals surface area contributed by atoms with E-state index in [-0.39, 0.29) is 5.92 Å². The average Bonchev–Trinajstić information content (AvgIpc) is 3.55. The van der Waals surface area contributed by atoms with Crippen molar-refractivity contribution in [2.75, 3.05) is 7.11 Å². The molecule has 6 nitrogen and oxygen atoms in total. The lowest BCUT2D eigenvalue weighted by Gasteiger charge is -2.17. The highest BCUT2D eigenvalue weighted by atomic mass is 16.5. The SMILES string of the molecule is COc1cc(C)c(-c2c(C)nn(-c3cccc(Oc4ccc5c6ccccc6n(-c6cc(C)ccn6)c5c4)c3)c2C(C)C)c(C)c1. The molecule has 0 unspecified atom stereocenters. The molecule has 0 saturated heterocycles. The number of ether oxygens (including phenoxy) is 2. The van der Waals surface area contributed by atoms with Crippen LogP contribution in [0.1, 0.15) is 47.8 Å². The van der Waals surface area contributed by atoms with E-state index in [0.717, 1.165) is 56.4 Å². The Labute approximate surface area is 269 Å². The topological polar surface area (TPSA) is 54.1 Å². The second-order valence-electron chi connectivity index (χ2n) is 12.4. The molecule has 46 heavy (non-hydrogen) atoms. The van der Waals surface area contributed by atoms with E-state index in [1.807, 2.05) is 30.5 Å². The maximum atomic E-state index is 6.56. The van der Waals surface area contributed by atoms with Gasteiger partial charge in [0.15, 0.2) is 0 Å². The van der Waals surface area contributed by atoms with Crippen molar-refractivity contribution in [1.29, 1.82) is 0 Å². The first-order valence-electron chi connectivity index (χ1n) is 15.7. The second-order valence-corrected chi connectivity index (χ2v) is 12.4. The number of hydrogen-bond acceptors (Lipinski definition) is 4. The van der Waals surface area contributed by atoms with Crippen LogP contribution in [-0.2, 0) is 0 Å². The van der Waals surface area contributed by atoms with Crippen molar-refractivity contribution >= 4 is 21.8 Å². The van der Waals surface area contributed by atoms with E-state index in [1.165, 1.54) is 33.3 Å². The van der Waals surface area contributed by atoms with Gasteiger partial charge in [0.25, 0.3) is 0 Å². The highest BCUT2D eigenvalue weighted by Crippen LogP contribution is 2.40. The van der Waals surface area contributed by atoms with Gasteiger partial charge in [-0.1, -0.05) is 38.1 Å². The van der Waals surface area contributed by atoms with Gasteiger partial charge in [0.2, 0.25) is 0 Å². The van der Waals surface area contributed by atoms with Crippen LogP contribution in [-0.4, -0.2) is 26.4 Å². The lowest BCUT2D eigenvalue weighted by atomic mass is 9.91. The number of pyridine rings is 1. The molecule has 0 saturated carbocycles. The third kappa shape index (κ3) is 5.00. The quantitative estimate of drug-likeness (QED) is 0.181. The van der Waals surface area contributed by atoms with Gasteiger partial charge in [-0.05, 0) is 110 Å². The van der Waals surface area contributed by atoms with E-state index in [2.05, 4.69) is 118 Å². The van der Waals surface area contributed by atoms with Crippen LogP contribution in [0.2, 0.25) is 0 Å². The van der Waals surface area contributed by atoms with Gasteiger partial charge in [0, 0.05) is 34.7 Å². The Kier molecular flexibility index (Phi) is 7.36. The maximum absolute atomic E-state index is 6.56. The Morgan fingerprint density at radius 2 is 1.41 bits per heavy atom. The van der Waals surface area contributed by atoms with Gasteiger partial charge >= 0.3 is 0 Å². The number of para-hydroxylation sites is 1. The number of hydrogen-bond donors (Lipinski definition) is 0. The summed E-state index contributed by atoms with van der Waals surface area (Å²) < 4.78 is 16.4. The van der Waals surface area contributed by atoms with Gasteiger partial charge in [0.05, 0.1) is 35.2 Å². The Hall–Kier alpha value is -5.36. The molecule has 0 aliphatic rings. The normalized spacial score (nSPS) is 11.6. The largest absolute Gasteiger partial charge is 0.497 e. The van der Waals surface area contributed by atoms with Crippen LogP contribution in [0.25, 0.3) is 44.4 Å². The zero-order valence-corrected chi connectivity index (χ0v) is 27.4. The van der Waals surface area contributed by atoms with Gasteiger partial charge < -0.3 is 9.47 Å². The zero-order valence-electron chi connectivity index (χ0n) is 27.4. The molecule has 0 radical (unpaired) electrons. The maximum Gasteiger partial charge on any atom is 0.137 e. The van der Waals surface area contributed by atoms with E-state index >= 15 is 0 Å². The molecule has 0 aliphatic heterocycles. The number of benzene rings is 4. The van der Waals surface area contributed by atoms with Gasteiger partial charge in [-0.2, -0.15) is 5.10 Å². The second kappa shape index (κ2) is 11.5. The summed E-state index contributed by atoms with van der Waals surface area (Å²) in [5.74, 6) is 3.50. The van der Waals surface area contributed by atoms with Crippen molar-refractivity contribution in [3.8, 4) is 39.9 Å². The van der Waals surface area contributed by atoms with Crippen molar-refractivity contribution in [2.24, 2.45) is 0 Å². The summed E-state index contributed by atoms with van der Waals surface area (Å²) in [6.07, 6.45) is 1.86. The molecule has 0 fully saturated rings. The molecule has 0 spiro atoms. The van der Waals surface area contributed by atoms with E-state index in [9.17, 15) is 0 Å². The number of methoxy groups -OCH3 is 1. The standard InChI is InChI=1S/C40H38N4O2/c1-24(2)40-39(38-26(4)20-32(45-7)21-27(38)5)28(6)42-44(40)29-11-10-12-30(22-29)46-31-15-16-34-33-13-8-9-14-35(33)43(36(34)23-31)37-19-25(3)17-18-41-37/h8-24H,1-7H3. The summed E-state index contributed by atoms with van der Waals surface area (Å²) in [5.41, 5.74) is 11.2. The van der Waals surface area contributed by atoms with Crippen LogP contribution in [0.3, 0.4) is 0 Å². The summed E-state index contributed by atoms with van der Waals surface area (Å²) in [7, 11) is 1.71. The Morgan fingerprint density at radius 3 is 2.15 bits per heavy atom. The predicted molar refractivity (Wildman–Crippen MR) is 187 cm³/mol. The summed E-state index contributed by atoms with van der Waals surface area (Å²) >= 11 is 0. The third-order valence-corrected chi connectivity index (χ3v) is 8.71. The Balaban J connectivity index is 1.31. The van der Waals surface area contributed by atoms with Gasteiger partial charge in [-0.25, -0.2) is 9.67 Å². The summed E-state index contributed by atoms with van der Waals surface area (Å²) in [4.78, 5) is 4.72. The smallest absolute Gasteiger partial charge is 0.137 e.